The summed E-state index contributed by atoms with van der Waals surface area (Å²) in [5.74, 6) is 0. The fraction of sp³-hybridized carbons (Fsp3) is 0.238. The summed E-state index contributed by atoms with van der Waals surface area (Å²) in [7, 11) is 2.03. The van der Waals surface area contributed by atoms with Crippen molar-refractivity contribution >= 4 is 17.4 Å². The van der Waals surface area contributed by atoms with Gasteiger partial charge in [0.25, 0.3) is 0 Å². The molecule has 1 atom stereocenters. The summed E-state index contributed by atoms with van der Waals surface area (Å²) in [4.78, 5) is 14.4. The van der Waals surface area contributed by atoms with Crippen LogP contribution in [0.5, 0.6) is 0 Å². The van der Waals surface area contributed by atoms with Gasteiger partial charge in [-0.3, -0.25) is 4.68 Å². The van der Waals surface area contributed by atoms with Gasteiger partial charge in [-0.2, -0.15) is 5.10 Å². The second-order valence-electron chi connectivity index (χ2n) is 6.53. The fourth-order valence-electron chi connectivity index (χ4n) is 2.80. The Morgan fingerprint density at radius 2 is 1.96 bits per heavy atom. The van der Waals surface area contributed by atoms with Crippen LogP contribution in [0.15, 0.2) is 73.1 Å². The number of rotatable bonds is 7. The number of hydrogen-bond donors (Lipinski definition) is 2. The van der Waals surface area contributed by atoms with Gasteiger partial charge in [0.2, 0.25) is 0 Å². The van der Waals surface area contributed by atoms with E-state index in [2.05, 4.69) is 39.7 Å². The molecule has 3 rings (SSSR count). The number of nitrogens with zero attached hydrogens (tertiary/aromatic N) is 3. The molecule has 0 aliphatic carbocycles. The summed E-state index contributed by atoms with van der Waals surface area (Å²) < 4.78 is 1.85. The SMILES string of the molecule is C[C@H](CNC(=O)Nc1cccc(Cn2cccn2)c1)N(C)c1ccccc1. The molecule has 2 N–H and O–H groups in total. The molecule has 0 bridgehead atoms. The third-order valence-corrected chi connectivity index (χ3v) is 4.47. The largest absolute Gasteiger partial charge is 0.370 e. The molecule has 0 fully saturated rings. The molecule has 1 heterocycles. The Balaban J connectivity index is 1.50. The molecule has 27 heavy (non-hydrogen) atoms. The molecule has 0 spiro atoms. The van der Waals surface area contributed by atoms with Gasteiger partial charge >= 0.3 is 6.03 Å². The predicted molar refractivity (Wildman–Crippen MR) is 109 cm³/mol. The highest BCUT2D eigenvalue weighted by atomic mass is 16.2. The van der Waals surface area contributed by atoms with Crippen LogP contribution in [0.3, 0.4) is 0 Å². The van der Waals surface area contributed by atoms with Crippen LogP contribution in [-0.4, -0.2) is 35.4 Å². The topological polar surface area (TPSA) is 62.2 Å². The molecule has 140 valence electrons. The molecule has 6 heteroatoms. The minimum atomic E-state index is -0.209. The third kappa shape index (κ3) is 5.34. The van der Waals surface area contributed by atoms with Gasteiger partial charge < -0.3 is 15.5 Å². The first kappa shape index (κ1) is 18.5. The zero-order valence-corrected chi connectivity index (χ0v) is 15.7. The van der Waals surface area contributed by atoms with Gasteiger partial charge in [-0.1, -0.05) is 30.3 Å². The van der Waals surface area contributed by atoms with Crippen molar-refractivity contribution in [1.82, 2.24) is 15.1 Å². The molecule has 0 aliphatic rings. The zero-order chi connectivity index (χ0) is 19.1. The van der Waals surface area contributed by atoms with E-state index in [9.17, 15) is 4.79 Å². The summed E-state index contributed by atoms with van der Waals surface area (Å²) in [6, 6.07) is 19.8. The Labute approximate surface area is 159 Å². The number of amides is 2. The molecule has 0 saturated carbocycles. The number of carbonyl (C=O) groups excluding carboxylic acids is 1. The molecule has 0 saturated heterocycles. The third-order valence-electron chi connectivity index (χ3n) is 4.47. The van der Waals surface area contributed by atoms with Crippen LogP contribution in [0.25, 0.3) is 0 Å². The van der Waals surface area contributed by atoms with Crippen LogP contribution >= 0.6 is 0 Å². The van der Waals surface area contributed by atoms with E-state index in [4.69, 9.17) is 0 Å². The molecule has 1 aromatic heterocycles. The number of hydrogen-bond acceptors (Lipinski definition) is 3. The van der Waals surface area contributed by atoms with Crippen LogP contribution < -0.4 is 15.5 Å². The first-order chi connectivity index (χ1) is 13.1. The van der Waals surface area contributed by atoms with E-state index in [1.54, 1.807) is 6.20 Å². The van der Waals surface area contributed by atoms with E-state index in [1.165, 1.54) is 0 Å². The molecule has 0 unspecified atom stereocenters. The molecule has 0 radical (unpaired) electrons. The minimum Gasteiger partial charge on any atom is -0.370 e. The number of nitrogens with one attached hydrogen (secondary N) is 2. The van der Waals surface area contributed by atoms with Gasteiger partial charge in [-0.15, -0.1) is 0 Å². The summed E-state index contributed by atoms with van der Waals surface area (Å²) >= 11 is 0. The molecule has 2 aromatic carbocycles. The fourth-order valence-corrected chi connectivity index (χ4v) is 2.80. The van der Waals surface area contributed by atoms with Crippen LogP contribution in [0.1, 0.15) is 12.5 Å². The average Bonchev–Trinajstić information content (AvgIpc) is 3.19. The number of likely N-dealkylation sites (N-methyl/N-ethyl adjacent to an activating group) is 1. The summed E-state index contributed by atoms with van der Waals surface area (Å²) in [6.45, 7) is 3.30. The molecule has 6 nitrogen and oxygen atoms in total. The van der Waals surface area contributed by atoms with Gasteiger partial charge in [0.05, 0.1) is 6.54 Å². The molecule has 0 aliphatic heterocycles. The molecular formula is C21H25N5O. The van der Waals surface area contributed by atoms with Crippen molar-refractivity contribution in [3.8, 4) is 0 Å². The molecule has 2 amide bonds. The summed E-state index contributed by atoms with van der Waals surface area (Å²) in [5.41, 5.74) is 2.97. The zero-order valence-electron chi connectivity index (χ0n) is 15.7. The maximum atomic E-state index is 12.2. The standard InChI is InChI=1S/C21H25N5O/c1-17(25(2)20-10-4-3-5-11-20)15-22-21(27)24-19-9-6-8-18(14-19)16-26-13-7-12-23-26/h3-14,17H,15-16H2,1-2H3,(H2,22,24,27)/t17-/m1/s1. The Bertz CT molecular complexity index is 848. The number of urea groups is 1. The van der Waals surface area contributed by atoms with Crippen molar-refractivity contribution in [2.24, 2.45) is 0 Å². The summed E-state index contributed by atoms with van der Waals surface area (Å²) in [6.07, 6.45) is 3.67. The lowest BCUT2D eigenvalue weighted by molar-refractivity contribution is 0.251. The second-order valence-corrected chi connectivity index (χ2v) is 6.53. The van der Waals surface area contributed by atoms with Crippen molar-refractivity contribution < 1.29 is 4.79 Å². The maximum absolute atomic E-state index is 12.2. The maximum Gasteiger partial charge on any atom is 0.319 e. The first-order valence-electron chi connectivity index (χ1n) is 9.01. The Hall–Kier alpha value is -3.28. The smallest absolute Gasteiger partial charge is 0.319 e. The van der Waals surface area contributed by atoms with Gasteiger partial charge in [0, 0.05) is 43.4 Å². The minimum absolute atomic E-state index is 0.171. The predicted octanol–water partition coefficient (Wildman–Crippen LogP) is 3.58. The van der Waals surface area contributed by atoms with Crippen LogP contribution in [-0.2, 0) is 6.54 Å². The van der Waals surface area contributed by atoms with Crippen LogP contribution in [0.2, 0.25) is 0 Å². The first-order valence-corrected chi connectivity index (χ1v) is 9.01. The number of benzene rings is 2. The number of carbonyl (C=O) groups is 1. The van der Waals surface area contributed by atoms with E-state index in [0.717, 1.165) is 16.9 Å². The highest BCUT2D eigenvalue weighted by molar-refractivity contribution is 5.89. The van der Waals surface area contributed by atoms with E-state index >= 15 is 0 Å². The van der Waals surface area contributed by atoms with Gasteiger partial charge in [0.15, 0.2) is 0 Å². The monoisotopic (exact) mass is 363 g/mol. The molecule has 3 aromatic rings. The highest BCUT2D eigenvalue weighted by Crippen LogP contribution is 2.14. The van der Waals surface area contributed by atoms with Crippen LogP contribution in [0.4, 0.5) is 16.2 Å². The Morgan fingerprint density at radius 3 is 2.70 bits per heavy atom. The lowest BCUT2D eigenvalue weighted by Crippen LogP contribution is -2.41. The molecular weight excluding hydrogens is 338 g/mol. The lowest BCUT2D eigenvalue weighted by Gasteiger charge is -2.27. The number of para-hydroxylation sites is 1. The second kappa shape index (κ2) is 8.89. The normalized spacial score (nSPS) is 11.6. The van der Waals surface area contributed by atoms with Crippen molar-refractivity contribution in [1.29, 1.82) is 0 Å². The van der Waals surface area contributed by atoms with E-state index in [1.807, 2.05) is 66.5 Å². The van der Waals surface area contributed by atoms with Crippen molar-refractivity contribution in [3.63, 3.8) is 0 Å². The Morgan fingerprint density at radius 1 is 1.15 bits per heavy atom. The van der Waals surface area contributed by atoms with Gasteiger partial charge in [-0.25, -0.2) is 4.79 Å². The van der Waals surface area contributed by atoms with E-state index in [0.29, 0.717) is 13.1 Å². The quantitative estimate of drug-likeness (QED) is 0.674. The lowest BCUT2D eigenvalue weighted by atomic mass is 10.2. The van der Waals surface area contributed by atoms with Gasteiger partial charge in [-0.05, 0) is 42.8 Å². The Kier molecular flexibility index (Phi) is 6.10. The average molecular weight is 363 g/mol. The van der Waals surface area contributed by atoms with Crippen molar-refractivity contribution in [3.05, 3.63) is 78.6 Å². The summed E-state index contributed by atoms with van der Waals surface area (Å²) in [5, 5.41) is 10.0. The van der Waals surface area contributed by atoms with E-state index < -0.39 is 0 Å². The van der Waals surface area contributed by atoms with Crippen molar-refractivity contribution in [2.45, 2.75) is 19.5 Å². The van der Waals surface area contributed by atoms with Gasteiger partial charge in [0.1, 0.15) is 0 Å². The van der Waals surface area contributed by atoms with Crippen molar-refractivity contribution in [2.75, 3.05) is 23.8 Å². The van der Waals surface area contributed by atoms with Crippen LogP contribution in [0, 0.1) is 0 Å². The van der Waals surface area contributed by atoms with E-state index in [-0.39, 0.29) is 12.1 Å². The number of aromatic nitrogens is 2. The number of anilines is 2. The highest BCUT2D eigenvalue weighted by Gasteiger charge is 2.11.